The zero-order valence-corrected chi connectivity index (χ0v) is 17.0. The number of aromatic hydroxyl groups is 1. The third kappa shape index (κ3) is 3.42. The highest BCUT2D eigenvalue weighted by atomic mass is 32.1. The maximum absolute atomic E-state index is 12.8. The van der Waals surface area contributed by atoms with Crippen LogP contribution in [0.25, 0.3) is 31.8 Å². The van der Waals surface area contributed by atoms with Gasteiger partial charge in [0.1, 0.15) is 43.5 Å². The maximum Gasteiger partial charge on any atom is 0.346 e. The van der Waals surface area contributed by atoms with Gasteiger partial charge in [-0.25, -0.2) is 9.78 Å². The zero-order chi connectivity index (χ0) is 20.0. The van der Waals surface area contributed by atoms with Crippen molar-refractivity contribution in [1.29, 1.82) is 0 Å². The molecule has 7 heteroatoms. The number of likely N-dealkylation sites (N-methyl/N-ethyl adjacent to an activating group) is 1. The Morgan fingerprint density at radius 3 is 2.72 bits per heavy atom. The molecule has 3 N–H and O–H groups in total. The molecule has 0 amide bonds. The van der Waals surface area contributed by atoms with Gasteiger partial charge in [-0.3, -0.25) is 0 Å². The molecule has 3 heterocycles. The summed E-state index contributed by atoms with van der Waals surface area (Å²) in [6, 6.07) is 13.2. The largest absolute Gasteiger partial charge is 0.507 e. The molecule has 0 unspecified atom stereocenters. The first-order valence-corrected chi connectivity index (χ1v) is 10.7. The number of thiazole rings is 1. The molecule has 0 radical (unpaired) electrons. The van der Waals surface area contributed by atoms with Gasteiger partial charge >= 0.3 is 5.63 Å². The van der Waals surface area contributed by atoms with Crippen LogP contribution < -0.4 is 15.4 Å². The molecule has 5 rings (SSSR count). The van der Waals surface area contributed by atoms with Crippen molar-refractivity contribution >= 4 is 32.5 Å². The summed E-state index contributed by atoms with van der Waals surface area (Å²) in [7, 11) is 2.20. The van der Waals surface area contributed by atoms with E-state index >= 15 is 0 Å². The van der Waals surface area contributed by atoms with Crippen molar-refractivity contribution in [1.82, 2.24) is 4.98 Å². The standard InChI is InChI=1S/C22H21N3O3S/c1-24-8-10-25(11-9-24)13-16-18(26)7-6-14-12-15(22(27)28-20(14)16)21-23-17-4-2-3-5-19(17)29-21/h2-7,12,26H,8-11,13H2,1H3/p+2. The number of fused-ring (bicyclic) bond motifs is 2. The van der Waals surface area contributed by atoms with E-state index in [4.69, 9.17) is 4.42 Å². The van der Waals surface area contributed by atoms with Crippen LogP contribution in [0.15, 0.2) is 51.7 Å². The van der Waals surface area contributed by atoms with Gasteiger partial charge in [0.05, 0.1) is 28.4 Å². The van der Waals surface area contributed by atoms with E-state index in [-0.39, 0.29) is 5.75 Å². The fourth-order valence-electron chi connectivity index (χ4n) is 4.00. The van der Waals surface area contributed by atoms with Crippen LogP contribution in [0.3, 0.4) is 0 Å². The number of phenolic OH excluding ortho intramolecular Hbond substituents is 1. The van der Waals surface area contributed by atoms with Gasteiger partial charge in [-0.05, 0) is 30.3 Å². The lowest BCUT2D eigenvalue weighted by Gasteiger charge is -2.27. The summed E-state index contributed by atoms with van der Waals surface area (Å²) in [5.41, 5.74) is 2.12. The molecule has 0 bridgehead atoms. The van der Waals surface area contributed by atoms with E-state index in [9.17, 15) is 9.90 Å². The molecule has 148 valence electrons. The first-order chi connectivity index (χ1) is 14.1. The van der Waals surface area contributed by atoms with E-state index in [2.05, 4.69) is 12.0 Å². The topological polar surface area (TPSA) is 72.2 Å². The second kappa shape index (κ2) is 7.26. The van der Waals surface area contributed by atoms with Crippen molar-refractivity contribution in [3.05, 3.63) is 58.4 Å². The summed E-state index contributed by atoms with van der Waals surface area (Å²) in [6.45, 7) is 4.93. The van der Waals surface area contributed by atoms with Crippen LogP contribution in [-0.4, -0.2) is 43.3 Å². The molecule has 1 fully saturated rings. The third-order valence-corrected chi connectivity index (χ3v) is 6.81. The summed E-state index contributed by atoms with van der Waals surface area (Å²) in [4.78, 5) is 20.3. The zero-order valence-electron chi connectivity index (χ0n) is 16.2. The van der Waals surface area contributed by atoms with E-state index in [1.807, 2.05) is 30.3 Å². The van der Waals surface area contributed by atoms with Crippen molar-refractivity contribution in [3.63, 3.8) is 0 Å². The van der Waals surface area contributed by atoms with Gasteiger partial charge in [-0.15, -0.1) is 11.3 Å². The molecule has 6 nitrogen and oxygen atoms in total. The number of benzene rings is 2. The fraction of sp³-hybridized carbons (Fsp3) is 0.273. The monoisotopic (exact) mass is 409 g/mol. The summed E-state index contributed by atoms with van der Waals surface area (Å²) in [6.07, 6.45) is 0. The highest BCUT2D eigenvalue weighted by molar-refractivity contribution is 7.21. The maximum atomic E-state index is 12.8. The predicted molar refractivity (Wildman–Crippen MR) is 114 cm³/mol. The lowest BCUT2D eigenvalue weighted by atomic mass is 10.1. The molecule has 0 saturated carbocycles. The van der Waals surface area contributed by atoms with Crippen molar-refractivity contribution in [3.8, 4) is 16.3 Å². The van der Waals surface area contributed by atoms with Crippen LogP contribution in [0, 0.1) is 0 Å². The number of piperazine rings is 1. The minimum absolute atomic E-state index is 0.187. The summed E-state index contributed by atoms with van der Waals surface area (Å²) in [5.74, 6) is 0.187. The second-order valence-electron chi connectivity index (χ2n) is 7.80. The molecule has 0 spiro atoms. The predicted octanol–water partition coefficient (Wildman–Crippen LogP) is 0.689. The molecule has 0 aliphatic carbocycles. The SMILES string of the molecule is C[NH+]1CC[NH+](Cc2c(O)ccc3cc(-c4nc5ccccc5s4)c(=O)oc23)CC1. The number of rotatable bonds is 3. The van der Waals surface area contributed by atoms with Crippen LogP contribution in [0.1, 0.15) is 5.56 Å². The van der Waals surface area contributed by atoms with Crippen LogP contribution in [0.2, 0.25) is 0 Å². The van der Waals surface area contributed by atoms with Gasteiger partial charge in [0.25, 0.3) is 0 Å². The Labute approximate surface area is 171 Å². The molecule has 0 atom stereocenters. The molecule has 2 aromatic carbocycles. The van der Waals surface area contributed by atoms with Gasteiger partial charge in [0.15, 0.2) is 5.58 Å². The Bertz CT molecular complexity index is 1220. The minimum atomic E-state index is -0.416. The Hall–Kier alpha value is -2.74. The number of nitrogens with one attached hydrogen (secondary N) is 2. The molecule has 1 saturated heterocycles. The molecule has 2 aromatic heterocycles. The minimum Gasteiger partial charge on any atom is -0.507 e. The van der Waals surface area contributed by atoms with Gasteiger partial charge in [0.2, 0.25) is 0 Å². The Morgan fingerprint density at radius 2 is 1.93 bits per heavy atom. The average molecular weight is 410 g/mol. The highest BCUT2D eigenvalue weighted by Gasteiger charge is 2.24. The van der Waals surface area contributed by atoms with Crippen LogP contribution >= 0.6 is 11.3 Å². The molecule has 4 aromatic rings. The van der Waals surface area contributed by atoms with E-state index in [1.54, 1.807) is 12.1 Å². The lowest BCUT2D eigenvalue weighted by Crippen LogP contribution is -3.26. The lowest BCUT2D eigenvalue weighted by molar-refractivity contribution is -1.01. The van der Waals surface area contributed by atoms with Crippen molar-refractivity contribution in [2.45, 2.75) is 6.54 Å². The number of hydrogen-bond donors (Lipinski definition) is 3. The molecular weight excluding hydrogens is 386 g/mol. The van der Waals surface area contributed by atoms with Gasteiger partial charge in [-0.1, -0.05) is 12.1 Å². The van der Waals surface area contributed by atoms with E-state index in [0.29, 0.717) is 28.3 Å². The highest BCUT2D eigenvalue weighted by Crippen LogP contribution is 2.32. The molecule has 29 heavy (non-hydrogen) atoms. The Balaban J connectivity index is 1.57. The van der Waals surface area contributed by atoms with Crippen molar-refractivity contribution in [2.75, 3.05) is 33.2 Å². The molecule has 1 aliphatic heterocycles. The van der Waals surface area contributed by atoms with Crippen molar-refractivity contribution < 1.29 is 19.3 Å². The number of para-hydroxylation sites is 1. The molecular formula is C22H23N3O3S+2. The van der Waals surface area contributed by atoms with E-state index < -0.39 is 5.63 Å². The quantitative estimate of drug-likeness (QED) is 0.436. The third-order valence-electron chi connectivity index (χ3n) is 5.74. The number of quaternary nitrogens is 2. The van der Waals surface area contributed by atoms with Gasteiger partial charge in [0, 0.05) is 5.39 Å². The Kier molecular flexibility index (Phi) is 4.58. The average Bonchev–Trinajstić information content (AvgIpc) is 3.15. The van der Waals surface area contributed by atoms with Crippen LogP contribution in [0.4, 0.5) is 0 Å². The first-order valence-electron chi connectivity index (χ1n) is 9.88. The number of nitrogens with zero attached hydrogens (tertiary/aromatic N) is 1. The summed E-state index contributed by atoms with van der Waals surface area (Å²) >= 11 is 1.48. The fourth-order valence-corrected chi connectivity index (χ4v) is 4.97. The number of phenols is 1. The number of aromatic nitrogens is 1. The van der Waals surface area contributed by atoms with Crippen LogP contribution in [0.5, 0.6) is 5.75 Å². The smallest absolute Gasteiger partial charge is 0.346 e. The summed E-state index contributed by atoms with van der Waals surface area (Å²) < 4.78 is 6.79. The van der Waals surface area contributed by atoms with Crippen molar-refractivity contribution in [2.24, 2.45) is 0 Å². The number of hydrogen-bond acceptors (Lipinski definition) is 5. The summed E-state index contributed by atoms with van der Waals surface area (Å²) in [5, 5.41) is 11.9. The molecule has 1 aliphatic rings. The normalized spacial score (nSPS) is 19.8. The van der Waals surface area contributed by atoms with Gasteiger partial charge in [-0.2, -0.15) is 0 Å². The van der Waals surface area contributed by atoms with Crippen LogP contribution in [-0.2, 0) is 6.54 Å². The second-order valence-corrected chi connectivity index (χ2v) is 8.83. The van der Waals surface area contributed by atoms with Gasteiger partial charge < -0.3 is 19.3 Å². The van der Waals surface area contributed by atoms with E-state index in [1.165, 1.54) is 21.1 Å². The first kappa shape index (κ1) is 18.3. The van der Waals surface area contributed by atoms with E-state index in [0.717, 1.165) is 41.8 Å². The Morgan fingerprint density at radius 1 is 1.14 bits per heavy atom.